The molecular formula is C13H24N4O2S. The molecule has 0 saturated carbocycles. The van der Waals surface area contributed by atoms with Crippen molar-refractivity contribution in [1.29, 1.82) is 0 Å². The molecule has 0 aromatic carbocycles. The maximum absolute atomic E-state index is 12.8. The highest BCUT2D eigenvalue weighted by Crippen LogP contribution is 2.27. The summed E-state index contributed by atoms with van der Waals surface area (Å²) < 4.78 is 28.8. The van der Waals surface area contributed by atoms with Crippen LogP contribution in [0.3, 0.4) is 0 Å². The van der Waals surface area contributed by atoms with E-state index in [9.17, 15) is 8.42 Å². The van der Waals surface area contributed by atoms with Crippen molar-refractivity contribution in [3.8, 4) is 0 Å². The van der Waals surface area contributed by atoms with Crippen LogP contribution in [0.1, 0.15) is 24.2 Å². The molecule has 0 spiro atoms. The molecule has 1 aliphatic heterocycles. The SMILES string of the molecule is CNCC1CCN(S(=O)(=O)c2c(C)nn(C)c2C)CC1. The molecule has 0 atom stereocenters. The molecule has 2 heterocycles. The van der Waals surface area contributed by atoms with Gasteiger partial charge in [0, 0.05) is 20.1 Å². The summed E-state index contributed by atoms with van der Waals surface area (Å²) in [5, 5.41) is 7.38. The molecule has 1 aromatic rings. The summed E-state index contributed by atoms with van der Waals surface area (Å²) in [7, 11) is 0.303. The van der Waals surface area contributed by atoms with Crippen LogP contribution in [-0.4, -0.2) is 49.2 Å². The molecule has 1 N–H and O–H groups in total. The standard InChI is InChI=1S/C13H24N4O2S/c1-10-13(11(2)16(4)15-10)20(18,19)17-7-5-12(6-8-17)9-14-3/h12,14H,5-9H2,1-4H3. The van der Waals surface area contributed by atoms with Crippen LogP contribution in [0.5, 0.6) is 0 Å². The highest BCUT2D eigenvalue weighted by atomic mass is 32.2. The predicted molar refractivity (Wildman–Crippen MR) is 78.1 cm³/mol. The van der Waals surface area contributed by atoms with E-state index in [1.165, 1.54) is 0 Å². The Bertz CT molecular complexity index is 571. The fourth-order valence-corrected chi connectivity index (χ4v) is 4.77. The molecule has 1 saturated heterocycles. The maximum Gasteiger partial charge on any atom is 0.246 e. The highest BCUT2D eigenvalue weighted by Gasteiger charge is 2.33. The molecule has 114 valence electrons. The van der Waals surface area contributed by atoms with Crippen molar-refractivity contribution in [2.75, 3.05) is 26.7 Å². The van der Waals surface area contributed by atoms with Crippen LogP contribution >= 0.6 is 0 Å². The molecule has 20 heavy (non-hydrogen) atoms. The highest BCUT2D eigenvalue weighted by molar-refractivity contribution is 7.89. The fraction of sp³-hybridized carbons (Fsp3) is 0.769. The van der Waals surface area contributed by atoms with Gasteiger partial charge in [-0.1, -0.05) is 0 Å². The minimum absolute atomic E-state index is 0.382. The molecule has 0 bridgehead atoms. The molecule has 0 unspecified atom stereocenters. The Morgan fingerprint density at radius 2 is 1.90 bits per heavy atom. The molecule has 1 fully saturated rings. The van der Waals surface area contributed by atoms with E-state index in [1.54, 1.807) is 29.9 Å². The van der Waals surface area contributed by atoms with E-state index in [0.29, 0.717) is 35.3 Å². The minimum Gasteiger partial charge on any atom is -0.319 e. The van der Waals surface area contributed by atoms with Crippen LogP contribution < -0.4 is 5.32 Å². The largest absolute Gasteiger partial charge is 0.319 e. The summed E-state index contributed by atoms with van der Waals surface area (Å²) in [6, 6.07) is 0. The molecule has 0 aliphatic carbocycles. The van der Waals surface area contributed by atoms with Crippen molar-refractivity contribution in [2.24, 2.45) is 13.0 Å². The second-order valence-electron chi connectivity index (χ2n) is 5.53. The monoisotopic (exact) mass is 300 g/mol. The van der Waals surface area contributed by atoms with Gasteiger partial charge in [-0.25, -0.2) is 8.42 Å². The zero-order valence-corrected chi connectivity index (χ0v) is 13.5. The quantitative estimate of drug-likeness (QED) is 0.887. The normalized spacial score (nSPS) is 18.6. The van der Waals surface area contributed by atoms with Crippen molar-refractivity contribution in [2.45, 2.75) is 31.6 Å². The Morgan fingerprint density at radius 1 is 1.30 bits per heavy atom. The molecule has 0 radical (unpaired) electrons. The summed E-state index contributed by atoms with van der Waals surface area (Å²) in [5.74, 6) is 0.572. The molecular weight excluding hydrogens is 276 g/mol. The van der Waals surface area contributed by atoms with Crippen LogP contribution in [0.25, 0.3) is 0 Å². The van der Waals surface area contributed by atoms with Gasteiger partial charge in [0.2, 0.25) is 10.0 Å². The smallest absolute Gasteiger partial charge is 0.246 e. The first-order valence-corrected chi connectivity index (χ1v) is 8.47. The van der Waals surface area contributed by atoms with Gasteiger partial charge < -0.3 is 5.32 Å². The third-order valence-electron chi connectivity index (χ3n) is 4.11. The van der Waals surface area contributed by atoms with Crippen LogP contribution in [0.4, 0.5) is 0 Å². The third-order valence-corrected chi connectivity index (χ3v) is 6.26. The van der Waals surface area contributed by atoms with E-state index in [1.807, 2.05) is 7.05 Å². The zero-order valence-electron chi connectivity index (χ0n) is 12.7. The Hall–Kier alpha value is -0.920. The number of sulfonamides is 1. The first-order chi connectivity index (χ1) is 9.37. The van der Waals surface area contributed by atoms with Crippen LogP contribution in [0.15, 0.2) is 4.90 Å². The molecule has 1 aliphatic rings. The van der Waals surface area contributed by atoms with Gasteiger partial charge in [-0.3, -0.25) is 4.68 Å². The van der Waals surface area contributed by atoms with Crippen LogP contribution in [0, 0.1) is 19.8 Å². The molecule has 2 rings (SSSR count). The molecule has 1 aromatic heterocycles. The van der Waals surface area contributed by atoms with E-state index in [4.69, 9.17) is 0 Å². The second kappa shape index (κ2) is 5.83. The number of hydrogen-bond acceptors (Lipinski definition) is 4. The maximum atomic E-state index is 12.8. The van der Waals surface area contributed by atoms with E-state index in [-0.39, 0.29) is 0 Å². The van der Waals surface area contributed by atoms with Gasteiger partial charge >= 0.3 is 0 Å². The van der Waals surface area contributed by atoms with E-state index < -0.39 is 10.0 Å². The van der Waals surface area contributed by atoms with Gasteiger partial charge in [0.25, 0.3) is 0 Å². The summed E-state index contributed by atoms with van der Waals surface area (Å²) in [4.78, 5) is 0.382. The minimum atomic E-state index is -3.41. The van der Waals surface area contributed by atoms with E-state index >= 15 is 0 Å². The van der Waals surface area contributed by atoms with Gasteiger partial charge in [0.15, 0.2) is 0 Å². The number of aryl methyl sites for hydroxylation is 2. The lowest BCUT2D eigenvalue weighted by molar-refractivity contribution is 0.270. The number of rotatable bonds is 4. The third kappa shape index (κ3) is 2.75. The second-order valence-corrected chi connectivity index (χ2v) is 7.40. The van der Waals surface area contributed by atoms with Gasteiger partial charge in [0.1, 0.15) is 4.90 Å². The number of piperidine rings is 1. The predicted octanol–water partition coefficient (Wildman–Crippen LogP) is 0.657. The van der Waals surface area contributed by atoms with Crippen molar-refractivity contribution in [1.82, 2.24) is 19.4 Å². The molecule has 6 nitrogen and oxygen atoms in total. The molecule has 0 amide bonds. The van der Waals surface area contributed by atoms with Crippen molar-refractivity contribution >= 4 is 10.0 Å². The lowest BCUT2D eigenvalue weighted by Crippen LogP contribution is -2.40. The topological polar surface area (TPSA) is 67.2 Å². The average Bonchev–Trinajstić information content (AvgIpc) is 2.64. The van der Waals surface area contributed by atoms with E-state index in [2.05, 4.69) is 10.4 Å². The average molecular weight is 300 g/mol. The zero-order chi connectivity index (χ0) is 14.9. The van der Waals surface area contributed by atoms with E-state index in [0.717, 1.165) is 19.4 Å². The first kappa shape index (κ1) is 15.5. The Labute approximate surface area is 121 Å². The van der Waals surface area contributed by atoms with Gasteiger partial charge in [-0.15, -0.1) is 0 Å². The molecule has 7 heteroatoms. The summed E-state index contributed by atoms with van der Waals surface area (Å²) in [5.41, 5.74) is 1.29. The summed E-state index contributed by atoms with van der Waals surface area (Å²) in [6.45, 7) is 5.72. The van der Waals surface area contributed by atoms with Crippen molar-refractivity contribution in [3.63, 3.8) is 0 Å². The van der Waals surface area contributed by atoms with Gasteiger partial charge in [-0.05, 0) is 46.2 Å². The van der Waals surface area contributed by atoms with Gasteiger partial charge in [0.05, 0.1) is 11.4 Å². The van der Waals surface area contributed by atoms with Crippen LogP contribution in [-0.2, 0) is 17.1 Å². The Morgan fingerprint density at radius 3 is 2.35 bits per heavy atom. The van der Waals surface area contributed by atoms with Crippen LogP contribution in [0.2, 0.25) is 0 Å². The Balaban J connectivity index is 2.20. The summed E-state index contributed by atoms with van der Waals surface area (Å²) in [6.07, 6.45) is 1.83. The number of nitrogens with zero attached hydrogens (tertiary/aromatic N) is 3. The number of nitrogens with one attached hydrogen (secondary N) is 1. The first-order valence-electron chi connectivity index (χ1n) is 7.03. The van der Waals surface area contributed by atoms with Crippen molar-refractivity contribution < 1.29 is 8.42 Å². The Kier molecular flexibility index (Phi) is 4.51. The van der Waals surface area contributed by atoms with Crippen molar-refractivity contribution in [3.05, 3.63) is 11.4 Å². The number of aromatic nitrogens is 2. The summed E-state index contributed by atoms with van der Waals surface area (Å²) >= 11 is 0. The lowest BCUT2D eigenvalue weighted by Gasteiger charge is -2.31. The lowest BCUT2D eigenvalue weighted by atomic mass is 9.98. The number of hydrogen-bond donors (Lipinski definition) is 1. The van der Waals surface area contributed by atoms with Gasteiger partial charge in [-0.2, -0.15) is 9.40 Å². The fourth-order valence-electron chi connectivity index (χ4n) is 2.90.